The Morgan fingerprint density at radius 2 is 1.86 bits per heavy atom. The topological polar surface area (TPSA) is 45.3 Å². The van der Waals surface area contributed by atoms with E-state index in [9.17, 15) is 4.79 Å². The van der Waals surface area contributed by atoms with Crippen LogP contribution in [0.4, 0.5) is 5.69 Å². The molecule has 0 saturated heterocycles. The van der Waals surface area contributed by atoms with E-state index in [1.807, 2.05) is 67.5 Å². The first-order chi connectivity index (χ1) is 10.6. The number of anilines is 1. The van der Waals surface area contributed by atoms with Gasteiger partial charge < -0.3 is 14.6 Å². The number of hydrogen-bond acceptors (Lipinski definition) is 3. The fraction of sp³-hybridized carbons (Fsp3) is 0.167. The van der Waals surface area contributed by atoms with Crippen molar-refractivity contribution < 1.29 is 4.74 Å². The zero-order valence-corrected chi connectivity index (χ0v) is 12.9. The number of benzene rings is 2. The van der Waals surface area contributed by atoms with E-state index >= 15 is 0 Å². The molecule has 0 aliphatic carbocycles. The van der Waals surface area contributed by atoms with Crippen molar-refractivity contribution in [3.8, 4) is 17.0 Å². The number of fused-ring (bicyclic) bond motifs is 1. The fourth-order valence-electron chi connectivity index (χ4n) is 2.47. The van der Waals surface area contributed by atoms with Crippen molar-refractivity contribution in [2.45, 2.75) is 0 Å². The Hall–Kier alpha value is -2.75. The lowest BCUT2D eigenvalue weighted by Gasteiger charge is -2.13. The number of ether oxygens (including phenoxy) is 1. The SMILES string of the molecule is COc1cccc(-c2cc3ccc(N(C)C)cc3c(=O)[nH]2)c1. The molecule has 4 nitrogen and oxygen atoms in total. The second-order valence-electron chi connectivity index (χ2n) is 5.41. The minimum atomic E-state index is -0.0842. The van der Waals surface area contributed by atoms with E-state index in [0.717, 1.165) is 28.1 Å². The average molecular weight is 294 g/mol. The lowest BCUT2D eigenvalue weighted by molar-refractivity contribution is 0.415. The highest BCUT2D eigenvalue weighted by atomic mass is 16.5. The van der Waals surface area contributed by atoms with Crippen molar-refractivity contribution >= 4 is 16.5 Å². The van der Waals surface area contributed by atoms with Crippen LogP contribution in [0.15, 0.2) is 53.3 Å². The third-order valence-corrected chi connectivity index (χ3v) is 3.73. The molecule has 0 amide bonds. The Morgan fingerprint density at radius 1 is 1.05 bits per heavy atom. The molecule has 1 heterocycles. The molecule has 3 rings (SSSR count). The summed E-state index contributed by atoms with van der Waals surface area (Å²) in [7, 11) is 5.55. The van der Waals surface area contributed by atoms with Gasteiger partial charge >= 0.3 is 0 Å². The van der Waals surface area contributed by atoms with Crippen molar-refractivity contribution in [3.05, 3.63) is 58.9 Å². The summed E-state index contributed by atoms with van der Waals surface area (Å²) in [6.07, 6.45) is 0. The van der Waals surface area contributed by atoms with Gasteiger partial charge in [-0.15, -0.1) is 0 Å². The Morgan fingerprint density at radius 3 is 2.59 bits per heavy atom. The number of rotatable bonds is 3. The maximum atomic E-state index is 12.4. The molecular formula is C18H18N2O2. The van der Waals surface area contributed by atoms with Gasteiger partial charge in [0.25, 0.3) is 5.56 Å². The van der Waals surface area contributed by atoms with Crippen LogP contribution < -0.4 is 15.2 Å². The quantitative estimate of drug-likeness (QED) is 0.806. The Bertz CT molecular complexity index is 882. The smallest absolute Gasteiger partial charge is 0.256 e. The minimum Gasteiger partial charge on any atom is -0.497 e. The van der Waals surface area contributed by atoms with E-state index in [2.05, 4.69) is 4.98 Å². The zero-order chi connectivity index (χ0) is 15.7. The van der Waals surface area contributed by atoms with Crippen LogP contribution in [0, 0.1) is 0 Å². The van der Waals surface area contributed by atoms with Crippen LogP contribution in [0.3, 0.4) is 0 Å². The van der Waals surface area contributed by atoms with Crippen LogP contribution in [-0.2, 0) is 0 Å². The molecule has 0 unspecified atom stereocenters. The number of hydrogen-bond donors (Lipinski definition) is 1. The third kappa shape index (κ3) is 2.55. The molecule has 4 heteroatoms. The Balaban J connectivity index is 2.17. The number of methoxy groups -OCH3 is 1. The fourth-order valence-corrected chi connectivity index (χ4v) is 2.47. The summed E-state index contributed by atoms with van der Waals surface area (Å²) in [6.45, 7) is 0. The summed E-state index contributed by atoms with van der Waals surface area (Å²) in [5.74, 6) is 0.765. The van der Waals surface area contributed by atoms with E-state index in [1.54, 1.807) is 7.11 Å². The van der Waals surface area contributed by atoms with Gasteiger partial charge in [0.1, 0.15) is 5.75 Å². The molecule has 0 aliphatic rings. The van der Waals surface area contributed by atoms with Crippen LogP contribution in [0.1, 0.15) is 0 Å². The Labute approximate surface area is 129 Å². The van der Waals surface area contributed by atoms with Crippen LogP contribution >= 0.6 is 0 Å². The van der Waals surface area contributed by atoms with E-state index in [4.69, 9.17) is 4.74 Å². The van der Waals surface area contributed by atoms with Gasteiger partial charge in [-0.1, -0.05) is 18.2 Å². The molecule has 3 aromatic rings. The summed E-state index contributed by atoms with van der Waals surface area (Å²) in [5, 5.41) is 1.62. The van der Waals surface area contributed by atoms with Gasteiger partial charge in [-0.25, -0.2) is 0 Å². The normalized spacial score (nSPS) is 10.7. The molecule has 112 valence electrons. The molecule has 22 heavy (non-hydrogen) atoms. The first kappa shape index (κ1) is 14.2. The summed E-state index contributed by atoms with van der Waals surface area (Å²) >= 11 is 0. The van der Waals surface area contributed by atoms with Gasteiger partial charge in [0.15, 0.2) is 0 Å². The van der Waals surface area contributed by atoms with Crippen LogP contribution in [0.5, 0.6) is 5.75 Å². The molecule has 2 aromatic carbocycles. The van der Waals surface area contributed by atoms with Gasteiger partial charge in [-0.05, 0) is 35.7 Å². The molecule has 0 radical (unpaired) electrons. The van der Waals surface area contributed by atoms with Gasteiger partial charge in [0, 0.05) is 36.4 Å². The zero-order valence-electron chi connectivity index (χ0n) is 12.9. The monoisotopic (exact) mass is 294 g/mol. The summed E-state index contributed by atoms with van der Waals surface area (Å²) in [6, 6.07) is 15.5. The molecule has 0 aliphatic heterocycles. The number of aromatic amines is 1. The minimum absolute atomic E-state index is 0.0842. The highest BCUT2D eigenvalue weighted by Gasteiger charge is 2.07. The largest absolute Gasteiger partial charge is 0.497 e. The highest BCUT2D eigenvalue weighted by molar-refractivity contribution is 5.88. The Kier molecular flexibility index (Phi) is 3.59. The predicted molar refractivity (Wildman–Crippen MR) is 90.9 cm³/mol. The lowest BCUT2D eigenvalue weighted by Crippen LogP contribution is -2.11. The van der Waals surface area contributed by atoms with Crippen molar-refractivity contribution in [2.24, 2.45) is 0 Å². The standard InChI is InChI=1S/C18H18N2O2/c1-20(2)14-8-7-12-10-17(19-18(21)16(12)11-14)13-5-4-6-15(9-13)22-3/h4-11H,1-3H3,(H,19,21). The van der Waals surface area contributed by atoms with Crippen molar-refractivity contribution in [1.82, 2.24) is 4.98 Å². The second kappa shape index (κ2) is 5.56. The third-order valence-electron chi connectivity index (χ3n) is 3.73. The maximum Gasteiger partial charge on any atom is 0.256 e. The number of aromatic nitrogens is 1. The first-order valence-corrected chi connectivity index (χ1v) is 7.07. The summed E-state index contributed by atoms with van der Waals surface area (Å²) in [5.41, 5.74) is 2.63. The molecule has 1 N–H and O–H groups in total. The van der Waals surface area contributed by atoms with E-state index in [0.29, 0.717) is 5.39 Å². The molecule has 0 fully saturated rings. The van der Waals surface area contributed by atoms with Crippen molar-refractivity contribution in [2.75, 3.05) is 26.1 Å². The second-order valence-corrected chi connectivity index (χ2v) is 5.41. The number of nitrogens with zero attached hydrogens (tertiary/aromatic N) is 1. The molecule has 1 aromatic heterocycles. The number of pyridine rings is 1. The predicted octanol–water partition coefficient (Wildman–Crippen LogP) is 3.27. The van der Waals surface area contributed by atoms with E-state index in [1.165, 1.54) is 0 Å². The van der Waals surface area contributed by atoms with E-state index in [-0.39, 0.29) is 5.56 Å². The molecule has 0 spiro atoms. The number of H-pyrrole nitrogens is 1. The van der Waals surface area contributed by atoms with Crippen molar-refractivity contribution in [1.29, 1.82) is 0 Å². The maximum absolute atomic E-state index is 12.4. The van der Waals surface area contributed by atoms with Crippen LogP contribution in [-0.4, -0.2) is 26.2 Å². The van der Waals surface area contributed by atoms with E-state index < -0.39 is 0 Å². The molecule has 0 atom stereocenters. The van der Waals surface area contributed by atoms with Gasteiger partial charge in [-0.2, -0.15) is 0 Å². The molecule has 0 bridgehead atoms. The highest BCUT2D eigenvalue weighted by Crippen LogP contribution is 2.25. The van der Waals surface area contributed by atoms with Crippen LogP contribution in [0.2, 0.25) is 0 Å². The van der Waals surface area contributed by atoms with Gasteiger partial charge in [0.05, 0.1) is 7.11 Å². The van der Waals surface area contributed by atoms with Crippen molar-refractivity contribution in [3.63, 3.8) is 0 Å². The van der Waals surface area contributed by atoms with Gasteiger partial charge in [0.2, 0.25) is 0 Å². The summed E-state index contributed by atoms with van der Waals surface area (Å²) in [4.78, 5) is 17.3. The average Bonchev–Trinajstić information content (AvgIpc) is 2.54. The number of nitrogens with one attached hydrogen (secondary N) is 1. The first-order valence-electron chi connectivity index (χ1n) is 7.07. The molecular weight excluding hydrogens is 276 g/mol. The van der Waals surface area contributed by atoms with Gasteiger partial charge in [-0.3, -0.25) is 4.79 Å². The molecule has 0 saturated carbocycles. The summed E-state index contributed by atoms with van der Waals surface area (Å²) < 4.78 is 5.24. The van der Waals surface area contributed by atoms with Crippen LogP contribution in [0.25, 0.3) is 22.0 Å². The lowest BCUT2D eigenvalue weighted by atomic mass is 10.1.